The third-order valence-corrected chi connectivity index (χ3v) is 13.6. The van der Waals surface area contributed by atoms with Gasteiger partial charge in [-0.25, -0.2) is 4.18 Å². The third-order valence-electron chi connectivity index (χ3n) is 13.1. The molecule has 8 unspecified atom stereocenters. The molecule has 262 valence electrons. The second kappa shape index (κ2) is 12.8. The number of fused-ring (bicyclic) bond motifs is 5. The van der Waals surface area contributed by atoms with Crippen molar-refractivity contribution in [1.29, 1.82) is 0 Å². The lowest BCUT2D eigenvalue weighted by molar-refractivity contribution is -0.287. The lowest BCUT2D eigenvalue weighted by Gasteiger charge is -2.66. The molecule has 16 atom stereocenters. The first-order valence-corrected chi connectivity index (χ1v) is 18.2. The summed E-state index contributed by atoms with van der Waals surface area (Å²) in [6.07, 6.45) is -2.95. The Morgan fingerprint density at radius 1 is 0.911 bits per heavy atom. The van der Waals surface area contributed by atoms with Gasteiger partial charge in [-0.05, 0) is 91.8 Å². The summed E-state index contributed by atoms with van der Waals surface area (Å²) in [5.74, 6) is -1.03. The molecule has 12 nitrogen and oxygen atoms in total. The number of rotatable bonds is 9. The number of aliphatic hydroxyl groups excluding tert-OH is 5. The Labute approximate surface area is 267 Å². The molecule has 0 aromatic carbocycles. The van der Waals surface area contributed by atoms with Crippen LogP contribution in [0.5, 0.6) is 0 Å². The Balaban J connectivity index is 1.37. The Morgan fingerprint density at radius 2 is 1.58 bits per heavy atom. The van der Waals surface area contributed by atoms with E-state index in [0.717, 1.165) is 6.42 Å². The third kappa shape index (κ3) is 6.50. The van der Waals surface area contributed by atoms with Crippen molar-refractivity contribution in [2.75, 3.05) is 6.61 Å². The van der Waals surface area contributed by atoms with Crippen molar-refractivity contribution in [2.45, 2.75) is 147 Å². The molecule has 5 rings (SSSR count). The summed E-state index contributed by atoms with van der Waals surface area (Å²) in [6.45, 7) is 10.1. The summed E-state index contributed by atoms with van der Waals surface area (Å²) in [7, 11) is -4.83. The van der Waals surface area contributed by atoms with Crippen molar-refractivity contribution in [2.24, 2.45) is 46.3 Å². The summed E-state index contributed by atoms with van der Waals surface area (Å²) in [6, 6.07) is 0. The van der Waals surface area contributed by atoms with Gasteiger partial charge in [-0.3, -0.25) is 4.55 Å². The lowest BCUT2D eigenvalue weighted by Crippen LogP contribution is -2.68. The van der Waals surface area contributed by atoms with Gasteiger partial charge in [-0.15, -0.1) is 0 Å². The molecule has 1 saturated heterocycles. The zero-order valence-electron chi connectivity index (χ0n) is 27.2. The summed E-state index contributed by atoms with van der Waals surface area (Å²) in [5, 5.41) is 64.9. The van der Waals surface area contributed by atoms with Crippen LogP contribution in [0.3, 0.4) is 0 Å². The fourth-order valence-corrected chi connectivity index (χ4v) is 11.4. The van der Waals surface area contributed by atoms with Gasteiger partial charge in [0.2, 0.25) is 0 Å². The van der Waals surface area contributed by atoms with Gasteiger partial charge < -0.3 is 40.1 Å². The fraction of sp³-hybridized carbons (Fsp3) is 1.00. The Hall–Kier alpha value is -0.450. The van der Waals surface area contributed by atoms with Gasteiger partial charge >= 0.3 is 10.4 Å². The number of hydrogen-bond donors (Lipinski definition) is 7. The topological polar surface area (TPSA) is 203 Å². The van der Waals surface area contributed by atoms with Gasteiger partial charge in [0.25, 0.3) is 0 Å². The van der Waals surface area contributed by atoms with Crippen LogP contribution < -0.4 is 0 Å². The fourth-order valence-electron chi connectivity index (χ4n) is 10.9. The highest BCUT2D eigenvalue weighted by Crippen LogP contribution is 2.70. The van der Waals surface area contributed by atoms with Crippen molar-refractivity contribution < 1.29 is 57.3 Å². The van der Waals surface area contributed by atoms with E-state index in [4.69, 9.17) is 13.7 Å². The molecule has 0 aromatic heterocycles. The van der Waals surface area contributed by atoms with E-state index in [1.807, 2.05) is 13.8 Å². The second-order valence-electron chi connectivity index (χ2n) is 16.0. The SMILES string of the molecule is CC(C)[C@H](CC[C@@H](C)[C@H]1CC(OS(=O)(=O)O)C2[C@]3(O)C[C@@H](O)C4C[C@@H](O)CC[C@]4(C)C3CC[C@@]21C)OC1OCC(O)C(O)C1O. The molecule has 1 heterocycles. The first kappa shape index (κ1) is 35.8. The number of aliphatic hydroxyl groups is 6. The largest absolute Gasteiger partial charge is 0.397 e. The highest BCUT2D eigenvalue weighted by Gasteiger charge is 2.71. The van der Waals surface area contributed by atoms with E-state index in [9.17, 15) is 43.6 Å². The molecule has 5 aliphatic rings. The minimum Gasteiger partial charge on any atom is -0.393 e. The Kier molecular flexibility index (Phi) is 10.2. The van der Waals surface area contributed by atoms with Crippen molar-refractivity contribution in [1.82, 2.24) is 0 Å². The van der Waals surface area contributed by atoms with E-state index < -0.39 is 75.7 Å². The molecular weight excluding hydrogens is 608 g/mol. The predicted octanol–water partition coefficient (Wildman–Crippen LogP) is 1.79. The minimum absolute atomic E-state index is 0.0313. The van der Waals surface area contributed by atoms with Crippen LogP contribution in [0, 0.1) is 46.3 Å². The molecule has 13 heteroatoms. The van der Waals surface area contributed by atoms with E-state index in [-0.39, 0.29) is 48.7 Å². The van der Waals surface area contributed by atoms with Crippen molar-refractivity contribution in [3.63, 3.8) is 0 Å². The molecule has 0 aromatic rings. The monoisotopic (exact) mass is 664 g/mol. The second-order valence-corrected chi connectivity index (χ2v) is 17.1. The zero-order valence-corrected chi connectivity index (χ0v) is 28.1. The summed E-state index contributed by atoms with van der Waals surface area (Å²) in [4.78, 5) is 0. The maximum absolute atomic E-state index is 12.7. The minimum atomic E-state index is -4.83. The maximum Gasteiger partial charge on any atom is 0.397 e. The standard InChI is InChI=1S/C32H56O12S/c1-16(2)23(43-29-27(37)26(36)22(35)15-42-29)7-6-17(3)19-13-24(44-45(39,40)41)28-31(19,5)11-9-25-30(4)10-8-18(33)12-20(30)21(34)14-32(25,28)38/h16-29,33-38H,6-15H2,1-5H3,(H,39,40,41)/t17-,18+,19-,20?,21-,22?,23+,24?,25?,26?,27?,28?,29?,30+,31-,32+/m1/s1. The molecule has 1 aliphatic heterocycles. The van der Waals surface area contributed by atoms with Crippen LogP contribution in [0.15, 0.2) is 0 Å². The van der Waals surface area contributed by atoms with Gasteiger partial charge in [-0.1, -0.05) is 34.6 Å². The smallest absolute Gasteiger partial charge is 0.393 e. The number of ether oxygens (including phenoxy) is 2. The molecule has 4 saturated carbocycles. The van der Waals surface area contributed by atoms with Gasteiger partial charge in [-0.2, -0.15) is 8.42 Å². The van der Waals surface area contributed by atoms with Gasteiger partial charge in [0.1, 0.15) is 18.3 Å². The molecule has 7 N–H and O–H groups in total. The summed E-state index contributed by atoms with van der Waals surface area (Å²) in [5.41, 5.74) is -2.40. The normalized spacial score (nSPS) is 50.0. The average Bonchev–Trinajstić information content (AvgIpc) is 3.23. The van der Waals surface area contributed by atoms with Gasteiger partial charge in [0.05, 0.1) is 36.6 Å². The van der Waals surface area contributed by atoms with Crippen LogP contribution in [0.25, 0.3) is 0 Å². The highest BCUT2D eigenvalue weighted by atomic mass is 32.3. The zero-order chi connectivity index (χ0) is 33.3. The molecule has 0 bridgehead atoms. The van der Waals surface area contributed by atoms with E-state index in [2.05, 4.69) is 20.8 Å². The molecule has 0 amide bonds. The Bertz CT molecular complexity index is 1150. The summed E-state index contributed by atoms with van der Waals surface area (Å²) < 4.78 is 51.1. The first-order chi connectivity index (χ1) is 20.8. The predicted molar refractivity (Wildman–Crippen MR) is 162 cm³/mol. The van der Waals surface area contributed by atoms with Crippen LogP contribution >= 0.6 is 0 Å². The van der Waals surface area contributed by atoms with Gasteiger partial charge in [0.15, 0.2) is 6.29 Å². The maximum atomic E-state index is 12.7. The van der Waals surface area contributed by atoms with Crippen LogP contribution in [-0.4, -0.2) is 105 Å². The molecular formula is C32H56O12S. The average molecular weight is 665 g/mol. The molecule has 5 fully saturated rings. The van der Waals surface area contributed by atoms with Crippen LogP contribution in [0.4, 0.5) is 0 Å². The molecule has 45 heavy (non-hydrogen) atoms. The van der Waals surface area contributed by atoms with E-state index in [0.29, 0.717) is 44.9 Å². The van der Waals surface area contributed by atoms with E-state index >= 15 is 0 Å². The van der Waals surface area contributed by atoms with Gasteiger partial charge in [0, 0.05) is 12.3 Å². The highest BCUT2D eigenvalue weighted by molar-refractivity contribution is 7.80. The lowest BCUT2D eigenvalue weighted by atomic mass is 9.42. The van der Waals surface area contributed by atoms with E-state index in [1.54, 1.807) is 0 Å². The van der Waals surface area contributed by atoms with E-state index in [1.165, 1.54) is 0 Å². The van der Waals surface area contributed by atoms with Crippen molar-refractivity contribution in [3.8, 4) is 0 Å². The quantitative estimate of drug-likeness (QED) is 0.176. The van der Waals surface area contributed by atoms with Crippen LogP contribution in [0.2, 0.25) is 0 Å². The molecule has 0 spiro atoms. The molecule has 4 aliphatic carbocycles. The van der Waals surface area contributed by atoms with Crippen molar-refractivity contribution in [3.05, 3.63) is 0 Å². The van der Waals surface area contributed by atoms with Crippen LogP contribution in [0.1, 0.15) is 92.4 Å². The van der Waals surface area contributed by atoms with Crippen molar-refractivity contribution >= 4 is 10.4 Å². The molecule has 0 radical (unpaired) electrons. The first-order valence-electron chi connectivity index (χ1n) is 16.9. The number of hydrogen-bond acceptors (Lipinski definition) is 11. The summed E-state index contributed by atoms with van der Waals surface area (Å²) >= 11 is 0. The van der Waals surface area contributed by atoms with Crippen LogP contribution in [-0.2, 0) is 24.1 Å². The Morgan fingerprint density at radius 3 is 2.22 bits per heavy atom.